The highest BCUT2D eigenvalue weighted by Gasteiger charge is 2.10. The van der Waals surface area contributed by atoms with Gasteiger partial charge in [-0.2, -0.15) is 5.10 Å². The highest BCUT2D eigenvalue weighted by atomic mass is 16.2. The van der Waals surface area contributed by atoms with Crippen LogP contribution >= 0.6 is 0 Å². The molecule has 1 amide bonds. The van der Waals surface area contributed by atoms with Gasteiger partial charge in [-0.15, -0.1) is 0 Å². The van der Waals surface area contributed by atoms with Crippen LogP contribution in [0.3, 0.4) is 0 Å². The number of carbonyl (C=O) groups is 1. The molecule has 0 aliphatic heterocycles. The number of hydrogen-bond donors (Lipinski definition) is 0. The summed E-state index contributed by atoms with van der Waals surface area (Å²) in [5.41, 5.74) is 2.18. The maximum absolute atomic E-state index is 11.5. The fourth-order valence-corrected chi connectivity index (χ4v) is 1.38. The molecule has 0 N–H and O–H groups in total. The van der Waals surface area contributed by atoms with Crippen LogP contribution in [0.25, 0.3) is 0 Å². The van der Waals surface area contributed by atoms with E-state index in [1.165, 1.54) is 0 Å². The fourth-order valence-electron chi connectivity index (χ4n) is 1.38. The van der Waals surface area contributed by atoms with Crippen molar-refractivity contribution >= 4 is 5.91 Å². The fraction of sp³-hybridized carbons (Fsp3) is 0.636. The lowest BCUT2D eigenvalue weighted by atomic mass is 10.2. The third-order valence-electron chi connectivity index (χ3n) is 2.42. The van der Waals surface area contributed by atoms with E-state index >= 15 is 0 Å². The number of nitrogens with zero attached hydrogens (tertiary/aromatic N) is 3. The Balaban J connectivity index is 2.83. The van der Waals surface area contributed by atoms with E-state index in [0.717, 1.165) is 24.2 Å². The molecule has 84 valence electrons. The molecule has 0 saturated heterocycles. The highest BCUT2D eigenvalue weighted by molar-refractivity contribution is 5.75. The van der Waals surface area contributed by atoms with E-state index in [4.69, 9.17) is 0 Å². The SMILES string of the molecule is CCc1cc(CC)n(CC(=O)N(C)C)n1. The summed E-state index contributed by atoms with van der Waals surface area (Å²) in [4.78, 5) is 13.1. The molecule has 1 heterocycles. The maximum Gasteiger partial charge on any atom is 0.243 e. The minimum atomic E-state index is 0.0791. The standard InChI is InChI=1S/C11H19N3O/c1-5-9-7-10(6-2)14(12-9)8-11(15)13(3)4/h7H,5-6,8H2,1-4H3. The first kappa shape index (κ1) is 11.8. The van der Waals surface area contributed by atoms with E-state index in [1.807, 2.05) is 0 Å². The van der Waals surface area contributed by atoms with Gasteiger partial charge in [0, 0.05) is 19.8 Å². The first-order chi connectivity index (χ1) is 7.08. The van der Waals surface area contributed by atoms with Crippen molar-refractivity contribution < 1.29 is 4.79 Å². The topological polar surface area (TPSA) is 38.1 Å². The number of aromatic nitrogens is 2. The van der Waals surface area contributed by atoms with Gasteiger partial charge in [0.1, 0.15) is 6.54 Å². The predicted molar refractivity (Wildman–Crippen MR) is 59.7 cm³/mol. The van der Waals surface area contributed by atoms with Gasteiger partial charge in [0.15, 0.2) is 0 Å². The van der Waals surface area contributed by atoms with Crippen LogP contribution < -0.4 is 0 Å². The average Bonchev–Trinajstić information content (AvgIpc) is 2.60. The Morgan fingerprint density at radius 2 is 2.07 bits per heavy atom. The number of carbonyl (C=O) groups excluding carboxylic acids is 1. The van der Waals surface area contributed by atoms with Gasteiger partial charge in [-0.3, -0.25) is 9.48 Å². The summed E-state index contributed by atoms with van der Waals surface area (Å²) in [6, 6.07) is 2.07. The number of likely N-dealkylation sites (N-methyl/N-ethyl adjacent to an activating group) is 1. The molecule has 0 bridgehead atoms. The Kier molecular flexibility index (Phi) is 3.88. The summed E-state index contributed by atoms with van der Waals surface area (Å²) in [7, 11) is 3.52. The van der Waals surface area contributed by atoms with E-state index < -0.39 is 0 Å². The summed E-state index contributed by atoms with van der Waals surface area (Å²) >= 11 is 0. The van der Waals surface area contributed by atoms with Crippen LogP contribution in [-0.2, 0) is 24.2 Å². The lowest BCUT2D eigenvalue weighted by Gasteiger charge is -2.11. The van der Waals surface area contributed by atoms with E-state index in [1.54, 1.807) is 23.7 Å². The molecule has 0 unspecified atom stereocenters. The van der Waals surface area contributed by atoms with Crippen LogP contribution in [0.4, 0.5) is 0 Å². The molecule has 1 rings (SSSR count). The highest BCUT2D eigenvalue weighted by Crippen LogP contribution is 2.06. The predicted octanol–water partition coefficient (Wildman–Crippen LogP) is 1.10. The molecular formula is C11H19N3O. The van der Waals surface area contributed by atoms with E-state index in [2.05, 4.69) is 25.0 Å². The van der Waals surface area contributed by atoms with Gasteiger partial charge in [-0.25, -0.2) is 0 Å². The van der Waals surface area contributed by atoms with E-state index in [0.29, 0.717) is 6.54 Å². The number of aryl methyl sites for hydroxylation is 2. The molecule has 4 heteroatoms. The van der Waals surface area contributed by atoms with Crippen LogP contribution in [0.5, 0.6) is 0 Å². The second kappa shape index (κ2) is 4.96. The summed E-state index contributed by atoms with van der Waals surface area (Å²) in [5.74, 6) is 0.0791. The van der Waals surface area contributed by atoms with Crippen molar-refractivity contribution in [1.29, 1.82) is 0 Å². The number of hydrogen-bond acceptors (Lipinski definition) is 2. The Morgan fingerprint density at radius 3 is 2.53 bits per heavy atom. The van der Waals surface area contributed by atoms with Crippen molar-refractivity contribution in [2.24, 2.45) is 0 Å². The molecule has 0 aliphatic carbocycles. The van der Waals surface area contributed by atoms with Crippen LogP contribution in [0.1, 0.15) is 25.2 Å². The molecule has 0 spiro atoms. The monoisotopic (exact) mass is 209 g/mol. The summed E-state index contributed by atoms with van der Waals surface area (Å²) in [5, 5.41) is 4.39. The molecule has 0 radical (unpaired) electrons. The lowest BCUT2D eigenvalue weighted by Crippen LogP contribution is -2.27. The second-order valence-electron chi connectivity index (χ2n) is 3.78. The van der Waals surface area contributed by atoms with Gasteiger partial charge < -0.3 is 4.90 Å². The smallest absolute Gasteiger partial charge is 0.243 e. The third kappa shape index (κ3) is 2.81. The molecule has 0 fully saturated rings. The van der Waals surface area contributed by atoms with Crippen LogP contribution in [0, 0.1) is 0 Å². The summed E-state index contributed by atoms with van der Waals surface area (Å²) in [6.07, 6.45) is 1.82. The largest absolute Gasteiger partial charge is 0.347 e. The number of amides is 1. The van der Waals surface area contributed by atoms with Crippen LogP contribution in [-0.4, -0.2) is 34.7 Å². The molecule has 0 aliphatic rings. The molecule has 0 saturated carbocycles. The van der Waals surface area contributed by atoms with Gasteiger partial charge in [-0.05, 0) is 18.9 Å². The van der Waals surface area contributed by atoms with Gasteiger partial charge in [-0.1, -0.05) is 13.8 Å². The summed E-state index contributed by atoms with van der Waals surface area (Å²) in [6.45, 7) is 4.49. The first-order valence-electron chi connectivity index (χ1n) is 5.34. The molecule has 15 heavy (non-hydrogen) atoms. The van der Waals surface area contributed by atoms with Crippen molar-refractivity contribution in [3.63, 3.8) is 0 Å². The zero-order valence-corrected chi connectivity index (χ0v) is 9.95. The Morgan fingerprint density at radius 1 is 1.40 bits per heavy atom. The minimum absolute atomic E-state index is 0.0791. The van der Waals surface area contributed by atoms with Crippen LogP contribution in [0.2, 0.25) is 0 Å². The van der Waals surface area contributed by atoms with E-state index in [-0.39, 0.29) is 5.91 Å². The maximum atomic E-state index is 11.5. The minimum Gasteiger partial charge on any atom is -0.347 e. The van der Waals surface area contributed by atoms with Gasteiger partial charge >= 0.3 is 0 Å². The molecule has 0 atom stereocenters. The molecular weight excluding hydrogens is 190 g/mol. The normalized spacial score (nSPS) is 10.4. The molecule has 1 aromatic heterocycles. The molecule has 1 aromatic rings. The van der Waals surface area contributed by atoms with Crippen molar-refractivity contribution in [3.8, 4) is 0 Å². The summed E-state index contributed by atoms with van der Waals surface area (Å²) < 4.78 is 1.81. The van der Waals surface area contributed by atoms with E-state index in [9.17, 15) is 4.79 Å². The first-order valence-corrected chi connectivity index (χ1v) is 5.34. The Labute approximate surface area is 90.9 Å². The zero-order chi connectivity index (χ0) is 11.4. The van der Waals surface area contributed by atoms with Crippen LogP contribution in [0.15, 0.2) is 6.07 Å². The Hall–Kier alpha value is -1.32. The average molecular weight is 209 g/mol. The van der Waals surface area contributed by atoms with Crippen molar-refractivity contribution in [3.05, 3.63) is 17.5 Å². The van der Waals surface area contributed by atoms with Gasteiger partial charge in [0.25, 0.3) is 0 Å². The lowest BCUT2D eigenvalue weighted by molar-refractivity contribution is -0.129. The molecule has 4 nitrogen and oxygen atoms in total. The quantitative estimate of drug-likeness (QED) is 0.744. The Bertz CT molecular complexity index is 342. The van der Waals surface area contributed by atoms with Gasteiger partial charge in [0.05, 0.1) is 5.69 Å². The molecule has 0 aromatic carbocycles. The number of rotatable bonds is 4. The van der Waals surface area contributed by atoms with Gasteiger partial charge in [0.2, 0.25) is 5.91 Å². The second-order valence-corrected chi connectivity index (χ2v) is 3.78. The van der Waals surface area contributed by atoms with Crippen molar-refractivity contribution in [1.82, 2.24) is 14.7 Å². The third-order valence-corrected chi connectivity index (χ3v) is 2.42. The van der Waals surface area contributed by atoms with Crippen molar-refractivity contribution in [2.45, 2.75) is 33.2 Å². The zero-order valence-electron chi connectivity index (χ0n) is 9.95. The van der Waals surface area contributed by atoms with Crippen molar-refractivity contribution in [2.75, 3.05) is 14.1 Å².